The van der Waals surface area contributed by atoms with Crippen LogP contribution in [0.5, 0.6) is 11.5 Å². The second-order valence-corrected chi connectivity index (χ2v) is 5.75. The molecule has 1 aliphatic rings. The van der Waals surface area contributed by atoms with Gasteiger partial charge in [-0.3, -0.25) is 0 Å². The van der Waals surface area contributed by atoms with E-state index in [-0.39, 0.29) is 5.41 Å². The summed E-state index contributed by atoms with van der Waals surface area (Å²) in [6.45, 7) is 0. The summed E-state index contributed by atoms with van der Waals surface area (Å²) in [5.41, 5.74) is 2.94. The Bertz CT molecular complexity index is 528. The van der Waals surface area contributed by atoms with Crippen LogP contribution in [0.1, 0.15) is 36.8 Å². The number of methoxy groups -OCH3 is 2. The van der Waals surface area contributed by atoms with E-state index < -0.39 is 0 Å². The van der Waals surface area contributed by atoms with E-state index in [9.17, 15) is 0 Å². The lowest BCUT2D eigenvalue weighted by Crippen LogP contribution is -2.23. The van der Waals surface area contributed by atoms with Gasteiger partial charge in [0, 0.05) is 5.41 Å². The molecule has 1 fully saturated rings. The van der Waals surface area contributed by atoms with E-state index in [0.717, 1.165) is 11.5 Å². The molecule has 2 aromatic carbocycles. The van der Waals surface area contributed by atoms with E-state index in [4.69, 9.17) is 9.47 Å². The SMILES string of the molecule is COc1ccc(C2(c3ccc(OC)cc3)CCCC2)cc1. The van der Waals surface area contributed by atoms with E-state index in [0.29, 0.717) is 0 Å². The molecule has 0 atom stereocenters. The topological polar surface area (TPSA) is 18.5 Å². The quantitative estimate of drug-likeness (QED) is 0.818. The molecule has 0 radical (unpaired) electrons. The summed E-state index contributed by atoms with van der Waals surface area (Å²) in [6.07, 6.45) is 5.01. The van der Waals surface area contributed by atoms with Gasteiger partial charge in [0.25, 0.3) is 0 Å². The maximum atomic E-state index is 5.28. The molecule has 0 unspecified atom stereocenters. The van der Waals surface area contributed by atoms with Gasteiger partial charge in [-0.1, -0.05) is 37.1 Å². The molecule has 1 aliphatic carbocycles. The minimum atomic E-state index is 0.151. The Balaban J connectivity index is 2.01. The third kappa shape index (κ3) is 2.51. The minimum Gasteiger partial charge on any atom is -0.497 e. The molecule has 0 spiro atoms. The lowest BCUT2D eigenvalue weighted by Gasteiger charge is -2.30. The fraction of sp³-hybridized carbons (Fsp3) is 0.368. The van der Waals surface area contributed by atoms with Crippen molar-refractivity contribution >= 4 is 0 Å². The second-order valence-electron chi connectivity index (χ2n) is 5.75. The third-order valence-corrected chi connectivity index (χ3v) is 4.74. The van der Waals surface area contributed by atoms with Gasteiger partial charge in [-0.25, -0.2) is 0 Å². The Kier molecular flexibility index (Phi) is 3.87. The van der Waals surface area contributed by atoms with Crippen LogP contribution in [0.2, 0.25) is 0 Å². The van der Waals surface area contributed by atoms with Gasteiger partial charge in [-0.05, 0) is 48.2 Å². The molecule has 0 heterocycles. The van der Waals surface area contributed by atoms with Gasteiger partial charge in [-0.15, -0.1) is 0 Å². The highest BCUT2D eigenvalue weighted by molar-refractivity contribution is 5.44. The van der Waals surface area contributed by atoms with E-state index in [1.165, 1.54) is 36.8 Å². The summed E-state index contributed by atoms with van der Waals surface area (Å²) >= 11 is 0. The van der Waals surface area contributed by atoms with E-state index in [1.54, 1.807) is 14.2 Å². The maximum absolute atomic E-state index is 5.28. The summed E-state index contributed by atoms with van der Waals surface area (Å²) in [5, 5.41) is 0. The van der Waals surface area contributed by atoms with Gasteiger partial charge in [0.1, 0.15) is 11.5 Å². The largest absolute Gasteiger partial charge is 0.497 e. The summed E-state index contributed by atoms with van der Waals surface area (Å²) in [4.78, 5) is 0. The molecule has 110 valence electrons. The molecular formula is C19H22O2. The molecule has 21 heavy (non-hydrogen) atoms. The van der Waals surface area contributed by atoms with E-state index in [2.05, 4.69) is 48.5 Å². The fourth-order valence-corrected chi connectivity index (χ4v) is 3.54. The van der Waals surface area contributed by atoms with Crippen molar-refractivity contribution in [1.82, 2.24) is 0 Å². The zero-order valence-electron chi connectivity index (χ0n) is 12.8. The van der Waals surface area contributed by atoms with Gasteiger partial charge in [0.05, 0.1) is 14.2 Å². The molecule has 1 saturated carbocycles. The molecule has 2 heteroatoms. The van der Waals surface area contributed by atoms with Crippen molar-refractivity contribution in [2.45, 2.75) is 31.1 Å². The molecule has 3 rings (SSSR count). The molecule has 2 nitrogen and oxygen atoms in total. The van der Waals surface area contributed by atoms with Crippen molar-refractivity contribution in [2.75, 3.05) is 14.2 Å². The normalized spacial score (nSPS) is 16.7. The van der Waals surface area contributed by atoms with E-state index >= 15 is 0 Å². The first-order valence-electron chi connectivity index (χ1n) is 7.57. The first-order valence-corrected chi connectivity index (χ1v) is 7.57. The van der Waals surface area contributed by atoms with Crippen LogP contribution in [0.3, 0.4) is 0 Å². The Morgan fingerprint density at radius 2 is 1.05 bits per heavy atom. The van der Waals surface area contributed by atoms with Crippen molar-refractivity contribution in [2.24, 2.45) is 0 Å². The highest BCUT2D eigenvalue weighted by atomic mass is 16.5. The van der Waals surface area contributed by atoms with Crippen LogP contribution in [0.15, 0.2) is 48.5 Å². The Labute approximate surface area is 126 Å². The van der Waals surface area contributed by atoms with Crippen LogP contribution in [0, 0.1) is 0 Å². The Morgan fingerprint density at radius 3 is 1.38 bits per heavy atom. The van der Waals surface area contributed by atoms with Gasteiger partial charge >= 0.3 is 0 Å². The van der Waals surface area contributed by atoms with Gasteiger partial charge in [0.15, 0.2) is 0 Å². The van der Waals surface area contributed by atoms with Crippen LogP contribution in [-0.2, 0) is 5.41 Å². The smallest absolute Gasteiger partial charge is 0.118 e. The first-order chi connectivity index (χ1) is 10.3. The molecule has 0 bridgehead atoms. The van der Waals surface area contributed by atoms with Crippen LogP contribution in [0.25, 0.3) is 0 Å². The average Bonchev–Trinajstić information content (AvgIpc) is 3.06. The predicted octanol–water partition coefficient (Wildman–Crippen LogP) is 4.56. The summed E-state index contributed by atoms with van der Waals surface area (Å²) in [6, 6.07) is 17.1. The van der Waals surface area contributed by atoms with E-state index in [1.807, 2.05) is 0 Å². The molecule has 0 saturated heterocycles. The highest BCUT2D eigenvalue weighted by Gasteiger charge is 2.37. The number of ether oxygens (including phenoxy) is 2. The van der Waals surface area contributed by atoms with Crippen LogP contribution in [-0.4, -0.2) is 14.2 Å². The third-order valence-electron chi connectivity index (χ3n) is 4.74. The fourth-order valence-electron chi connectivity index (χ4n) is 3.54. The zero-order chi connectivity index (χ0) is 14.7. The van der Waals surface area contributed by atoms with Crippen LogP contribution >= 0.6 is 0 Å². The van der Waals surface area contributed by atoms with Gasteiger partial charge in [-0.2, -0.15) is 0 Å². The second kappa shape index (κ2) is 5.80. The predicted molar refractivity (Wildman–Crippen MR) is 85.2 cm³/mol. The van der Waals surface area contributed by atoms with Crippen molar-refractivity contribution in [3.05, 3.63) is 59.7 Å². The van der Waals surface area contributed by atoms with Gasteiger partial charge in [0.2, 0.25) is 0 Å². The first kappa shape index (κ1) is 14.0. The van der Waals surface area contributed by atoms with Crippen molar-refractivity contribution in [1.29, 1.82) is 0 Å². The number of hydrogen-bond donors (Lipinski definition) is 0. The zero-order valence-corrected chi connectivity index (χ0v) is 12.8. The summed E-state index contributed by atoms with van der Waals surface area (Å²) in [7, 11) is 3.42. The van der Waals surface area contributed by atoms with Crippen molar-refractivity contribution < 1.29 is 9.47 Å². The molecule has 0 N–H and O–H groups in total. The van der Waals surface area contributed by atoms with Crippen LogP contribution < -0.4 is 9.47 Å². The van der Waals surface area contributed by atoms with Crippen LogP contribution in [0.4, 0.5) is 0 Å². The Morgan fingerprint density at radius 1 is 0.667 bits per heavy atom. The Hall–Kier alpha value is -1.96. The maximum Gasteiger partial charge on any atom is 0.118 e. The lowest BCUT2D eigenvalue weighted by atomic mass is 9.73. The monoisotopic (exact) mass is 282 g/mol. The molecule has 0 aliphatic heterocycles. The minimum absolute atomic E-state index is 0.151. The summed E-state index contributed by atoms with van der Waals surface area (Å²) < 4.78 is 10.6. The molecule has 0 amide bonds. The molecule has 2 aromatic rings. The number of benzene rings is 2. The molecule has 0 aromatic heterocycles. The standard InChI is InChI=1S/C19H22O2/c1-20-17-9-5-15(6-10-17)19(13-3-4-14-19)16-7-11-18(21-2)12-8-16/h5-12H,3-4,13-14H2,1-2H3. The summed E-state index contributed by atoms with van der Waals surface area (Å²) in [5.74, 6) is 1.84. The van der Waals surface area contributed by atoms with Crippen molar-refractivity contribution in [3.8, 4) is 11.5 Å². The van der Waals surface area contributed by atoms with Gasteiger partial charge < -0.3 is 9.47 Å². The highest BCUT2D eigenvalue weighted by Crippen LogP contribution is 2.46. The lowest BCUT2D eigenvalue weighted by molar-refractivity contribution is 0.413. The number of hydrogen-bond acceptors (Lipinski definition) is 2. The average molecular weight is 282 g/mol. The molecular weight excluding hydrogens is 260 g/mol. The van der Waals surface area contributed by atoms with Crippen molar-refractivity contribution in [3.63, 3.8) is 0 Å². The number of rotatable bonds is 4.